The highest BCUT2D eigenvalue weighted by atomic mass is 19.1. The highest BCUT2D eigenvalue weighted by molar-refractivity contribution is 5.81. The molecule has 1 fully saturated rings. The molecule has 2 atom stereocenters. The minimum Gasteiger partial charge on any atom is -0.478 e. The molecule has 2 unspecified atom stereocenters. The zero-order chi connectivity index (χ0) is 19.5. The molecule has 0 aliphatic carbocycles. The van der Waals surface area contributed by atoms with E-state index in [1.165, 1.54) is 6.07 Å². The van der Waals surface area contributed by atoms with Gasteiger partial charge in [0.05, 0.1) is 5.69 Å². The number of hydrogen-bond acceptors (Lipinski definition) is 5. The van der Waals surface area contributed by atoms with E-state index in [2.05, 4.69) is 20.2 Å². The van der Waals surface area contributed by atoms with Crippen LogP contribution in [0.15, 0.2) is 36.7 Å². The van der Waals surface area contributed by atoms with E-state index in [0.29, 0.717) is 25.2 Å². The number of fused-ring (bicyclic) bond motifs is 1. The molecular weight excluding hydrogens is 361 g/mol. The molecule has 0 bridgehead atoms. The van der Waals surface area contributed by atoms with Crippen molar-refractivity contribution < 1.29 is 13.9 Å². The highest BCUT2D eigenvalue weighted by Crippen LogP contribution is 2.30. The molecule has 2 aromatic heterocycles. The van der Waals surface area contributed by atoms with Crippen LogP contribution in [-0.4, -0.2) is 50.2 Å². The summed E-state index contributed by atoms with van der Waals surface area (Å²) in [6, 6.07) is 6.16. The lowest BCUT2D eigenvalue weighted by Gasteiger charge is -2.34. The Morgan fingerprint density at radius 1 is 1.36 bits per heavy atom. The van der Waals surface area contributed by atoms with Crippen molar-refractivity contribution in [3.8, 4) is 5.75 Å². The number of nitrogens with one attached hydrogen (secondary N) is 1. The van der Waals surface area contributed by atoms with E-state index in [4.69, 9.17) is 4.74 Å². The van der Waals surface area contributed by atoms with Crippen LogP contribution in [-0.2, 0) is 4.79 Å². The van der Waals surface area contributed by atoms with Crippen molar-refractivity contribution in [2.24, 2.45) is 0 Å². The number of carbonyl (C=O) groups excluding carboxylic acids is 1. The van der Waals surface area contributed by atoms with Crippen LogP contribution in [0.2, 0.25) is 0 Å². The van der Waals surface area contributed by atoms with Gasteiger partial charge in [-0.25, -0.2) is 14.4 Å². The molecule has 28 heavy (non-hydrogen) atoms. The summed E-state index contributed by atoms with van der Waals surface area (Å²) < 4.78 is 19.6. The average Bonchev–Trinajstić information content (AvgIpc) is 3.17. The van der Waals surface area contributed by atoms with E-state index < -0.39 is 11.9 Å². The Morgan fingerprint density at radius 2 is 2.18 bits per heavy atom. The van der Waals surface area contributed by atoms with E-state index >= 15 is 0 Å². The van der Waals surface area contributed by atoms with Gasteiger partial charge in [-0.1, -0.05) is 19.1 Å². The fourth-order valence-corrected chi connectivity index (χ4v) is 3.67. The largest absolute Gasteiger partial charge is 0.478 e. The second kappa shape index (κ2) is 7.92. The maximum Gasteiger partial charge on any atom is 0.263 e. The first kappa shape index (κ1) is 18.3. The van der Waals surface area contributed by atoms with Crippen LogP contribution < -0.4 is 4.74 Å². The van der Waals surface area contributed by atoms with E-state index in [1.54, 1.807) is 35.5 Å². The second-order valence-electron chi connectivity index (χ2n) is 6.93. The third-order valence-electron chi connectivity index (χ3n) is 5.11. The fraction of sp³-hybridized carbons (Fsp3) is 0.400. The van der Waals surface area contributed by atoms with Gasteiger partial charge in [-0.05, 0) is 31.4 Å². The Balaban J connectivity index is 1.50. The van der Waals surface area contributed by atoms with Crippen molar-refractivity contribution in [1.29, 1.82) is 0 Å². The molecule has 0 radical (unpaired) electrons. The van der Waals surface area contributed by atoms with Gasteiger partial charge in [0.2, 0.25) is 0 Å². The van der Waals surface area contributed by atoms with Gasteiger partial charge in [0, 0.05) is 31.4 Å². The van der Waals surface area contributed by atoms with Crippen LogP contribution in [0.4, 0.5) is 4.39 Å². The number of aromatic nitrogens is 4. The van der Waals surface area contributed by atoms with E-state index in [1.807, 2.05) is 6.92 Å². The molecule has 146 valence electrons. The van der Waals surface area contributed by atoms with Crippen molar-refractivity contribution in [2.75, 3.05) is 13.1 Å². The number of hydrogen-bond donors (Lipinski definition) is 1. The summed E-state index contributed by atoms with van der Waals surface area (Å²) >= 11 is 0. The molecule has 1 aromatic carbocycles. The smallest absolute Gasteiger partial charge is 0.263 e. The van der Waals surface area contributed by atoms with Crippen molar-refractivity contribution >= 4 is 17.1 Å². The SMILES string of the molecule is CCC(Oc1ccccc1F)C(=O)N1CCCC(c2[nH]nc3nccnc23)C1. The number of H-pyrrole nitrogens is 1. The van der Waals surface area contributed by atoms with E-state index in [0.717, 1.165) is 24.1 Å². The summed E-state index contributed by atoms with van der Waals surface area (Å²) in [6.45, 7) is 3.07. The van der Waals surface area contributed by atoms with Gasteiger partial charge in [0.15, 0.2) is 23.3 Å². The summed E-state index contributed by atoms with van der Waals surface area (Å²) in [6.07, 6.45) is 4.80. The summed E-state index contributed by atoms with van der Waals surface area (Å²) in [7, 11) is 0. The normalized spacial score (nSPS) is 18.2. The predicted molar refractivity (Wildman–Crippen MR) is 101 cm³/mol. The summed E-state index contributed by atoms with van der Waals surface area (Å²) in [5.74, 6) is -0.380. The number of halogens is 1. The number of likely N-dealkylation sites (tertiary alicyclic amines) is 1. The van der Waals surface area contributed by atoms with Crippen molar-refractivity contribution in [1.82, 2.24) is 25.1 Å². The van der Waals surface area contributed by atoms with Crippen molar-refractivity contribution in [2.45, 2.75) is 38.2 Å². The maximum atomic E-state index is 13.9. The number of rotatable bonds is 5. The molecule has 0 saturated carbocycles. The Bertz CT molecular complexity index is 976. The highest BCUT2D eigenvalue weighted by Gasteiger charge is 2.32. The molecule has 1 amide bonds. The minimum atomic E-state index is -0.714. The summed E-state index contributed by atoms with van der Waals surface area (Å²) in [4.78, 5) is 23.4. The third kappa shape index (κ3) is 3.54. The minimum absolute atomic E-state index is 0.102. The molecule has 1 aliphatic rings. The van der Waals surface area contributed by atoms with Gasteiger partial charge in [0.1, 0.15) is 5.52 Å². The Kier molecular flexibility index (Phi) is 5.18. The number of carbonyl (C=O) groups is 1. The number of piperidine rings is 1. The van der Waals surface area contributed by atoms with E-state index in [9.17, 15) is 9.18 Å². The first-order valence-electron chi connectivity index (χ1n) is 9.52. The molecule has 8 heteroatoms. The summed E-state index contributed by atoms with van der Waals surface area (Å²) in [5, 5.41) is 7.25. The van der Waals surface area contributed by atoms with Crippen LogP contribution in [0.25, 0.3) is 11.2 Å². The second-order valence-corrected chi connectivity index (χ2v) is 6.93. The zero-order valence-corrected chi connectivity index (χ0v) is 15.6. The number of amides is 1. The lowest BCUT2D eigenvalue weighted by Crippen LogP contribution is -2.46. The van der Waals surface area contributed by atoms with Gasteiger partial charge in [-0.15, -0.1) is 0 Å². The quantitative estimate of drug-likeness (QED) is 0.732. The molecule has 1 N–H and O–H groups in total. The molecule has 1 saturated heterocycles. The van der Waals surface area contributed by atoms with Crippen molar-refractivity contribution in [3.63, 3.8) is 0 Å². The lowest BCUT2D eigenvalue weighted by atomic mass is 9.94. The van der Waals surface area contributed by atoms with Crippen LogP contribution >= 0.6 is 0 Å². The third-order valence-corrected chi connectivity index (χ3v) is 5.11. The van der Waals surface area contributed by atoms with Crippen LogP contribution in [0, 0.1) is 5.82 Å². The fourth-order valence-electron chi connectivity index (χ4n) is 3.67. The number of benzene rings is 1. The monoisotopic (exact) mass is 383 g/mol. The lowest BCUT2D eigenvalue weighted by molar-refractivity contribution is -0.140. The Labute approximate surface area is 161 Å². The van der Waals surface area contributed by atoms with Crippen LogP contribution in [0.3, 0.4) is 0 Å². The first-order chi connectivity index (χ1) is 13.7. The molecule has 3 aromatic rings. The standard InChI is InChI=1S/C20H22FN5O2/c1-2-15(28-16-8-4-3-7-14(16)21)20(27)26-11-5-6-13(12-26)17-18-19(25-24-17)23-10-9-22-18/h3-4,7-10,13,15H,2,5-6,11-12H2,1H3,(H,23,24,25). The van der Waals surface area contributed by atoms with Crippen LogP contribution in [0.1, 0.15) is 37.8 Å². The van der Waals surface area contributed by atoms with Gasteiger partial charge in [-0.3, -0.25) is 9.89 Å². The Morgan fingerprint density at radius 3 is 3.00 bits per heavy atom. The molecule has 0 spiro atoms. The molecule has 7 nitrogen and oxygen atoms in total. The maximum absolute atomic E-state index is 13.9. The number of nitrogens with zero attached hydrogens (tertiary/aromatic N) is 4. The first-order valence-corrected chi connectivity index (χ1v) is 9.52. The van der Waals surface area contributed by atoms with Crippen molar-refractivity contribution in [3.05, 3.63) is 48.2 Å². The zero-order valence-electron chi connectivity index (χ0n) is 15.6. The molecule has 1 aliphatic heterocycles. The molecular formula is C20H22FN5O2. The van der Waals surface area contributed by atoms with Crippen LogP contribution in [0.5, 0.6) is 5.75 Å². The number of para-hydroxylation sites is 1. The number of ether oxygens (including phenoxy) is 1. The van der Waals surface area contributed by atoms with Gasteiger partial charge in [0.25, 0.3) is 5.91 Å². The van der Waals surface area contributed by atoms with Gasteiger partial charge in [-0.2, -0.15) is 5.10 Å². The average molecular weight is 383 g/mol. The molecule has 4 rings (SSSR count). The van der Waals surface area contributed by atoms with E-state index in [-0.39, 0.29) is 17.6 Å². The van der Waals surface area contributed by atoms with Gasteiger partial charge < -0.3 is 9.64 Å². The predicted octanol–water partition coefficient (Wildman–Crippen LogP) is 3.06. The summed E-state index contributed by atoms with van der Waals surface area (Å²) in [5.41, 5.74) is 2.23. The topological polar surface area (TPSA) is 84.0 Å². The Hall–Kier alpha value is -3.03. The molecule has 3 heterocycles. The number of aromatic amines is 1. The van der Waals surface area contributed by atoms with Gasteiger partial charge >= 0.3 is 0 Å².